The Bertz CT molecular complexity index is 1660. The fourth-order valence-electron chi connectivity index (χ4n) is 6.26. The number of sulfonamides is 1. The molecule has 0 saturated carbocycles. The van der Waals surface area contributed by atoms with E-state index in [1.165, 1.54) is 0 Å². The van der Waals surface area contributed by atoms with Crippen molar-refractivity contribution in [3.05, 3.63) is 64.9 Å². The molecule has 3 aliphatic rings. The van der Waals surface area contributed by atoms with Crippen molar-refractivity contribution >= 4 is 57.9 Å². The summed E-state index contributed by atoms with van der Waals surface area (Å²) >= 11 is 0. The number of hydrogen-bond donors (Lipinski definition) is 4. The highest BCUT2D eigenvalue weighted by Crippen LogP contribution is 2.44. The van der Waals surface area contributed by atoms with Crippen LogP contribution in [0.3, 0.4) is 0 Å². The van der Waals surface area contributed by atoms with Crippen molar-refractivity contribution in [2.45, 2.75) is 49.7 Å². The van der Waals surface area contributed by atoms with Crippen molar-refractivity contribution < 1.29 is 22.0 Å². The van der Waals surface area contributed by atoms with Crippen LogP contribution in [0, 0.1) is 11.6 Å². The first kappa shape index (κ1) is 35.8. The fraction of sp³-hybridized carbons (Fsp3) is 0.467. The quantitative estimate of drug-likeness (QED) is 0.277. The van der Waals surface area contributed by atoms with Crippen LogP contribution < -0.4 is 20.9 Å². The highest BCUT2D eigenvalue weighted by atomic mass is 35.5. The molecule has 4 heterocycles. The molecule has 16 heteroatoms. The second kappa shape index (κ2) is 14.0. The number of nitrogens with one attached hydrogen (secondary N) is 4. The van der Waals surface area contributed by atoms with E-state index in [1.807, 2.05) is 12.1 Å². The Balaban J connectivity index is 0.00000240. The predicted octanol–water partition coefficient (Wildman–Crippen LogP) is 4.14. The Morgan fingerprint density at radius 3 is 2.41 bits per heavy atom. The highest BCUT2D eigenvalue weighted by Gasteiger charge is 2.48. The summed E-state index contributed by atoms with van der Waals surface area (Å²) in [4.78, 5) is 17.8. The van der Waals surface area contributed by atoms with Gasteiger partial charge in [-0.1, -0.05) is 0 Å². The minimum absolute atomic E-state index is 0. The third-order valence-electron chi connectivity index (χ3n) is 8.88. The number of carbonyl (C=O) groups is 1. The zero-order valence-electron chi connectivity index (χ0n) is 25.9. The third-order valence-corrected chi connectivity index (χ3v) is 10.9. The second-order valence-corrected chi connectivity index (χ2v) is 14.1. The third kappa shape index (κ3) is 6.97. The van der Waals surface area contributed by atoms with Crippen LogP contribution in [0.15, 0.2) is 41.3 Å². The molecule has 46 heavy (non-hydrogen) atoms. The average molecular weight is 702 g/mol. The predicted molar refractivity (Wildman–Crippen MR) is 179 cm³/mol. The molecule has 1 atom stereocenters. The standard InChI is InChI=1S/C30H38F2N8O3S.2ClH/c1-30(2)27-25(18-40(30)44(42,43)23-14-19(31)13-20(32)15-23)28(37-36-27)35-29(41)24-7-6-22(39-11-9-38(3)10-12-39)16-26(24)34-17-21-5-4-8-33-21;;/h6-7,13-16,21,33-34H,4-5,8-12,17-18H2,1-3H3,(H2,35,36,37,41);2*1H/t21-;;/m0../s1. The molecule has 2 fully saturated rings. The summed E-state index contributed by atoms with van der Waals surface area (Å²) in [6.45, 7) is 8.55. The molecule has 3 aliphatic heterocycles. The lowest BCUT2D eigenvalue weighted by Gasteiger charge is -2.34. The Hall–Kier alpha value is -3.01. The van der Waals surface area contributed by atoms with Crippen molar-refractivity contribution in [3.63, 3.8) is 0 Å². The molecule has 4 N–H and O–H groups in total. The number of rotatable bonds is 8. The molecule has 2 saturated heterocycles. The number of fused-ring (bicyclic) bond motifs is 1. The Kier molecular flexibility index (Phi) is 10.9. The number of piperazine rings is 1. The van der Waals surface area contributed by atoms with E-state index in [4.69, 9.17) is 0 Å². The number of amides is 1. The lowest BCUT2D eigenvalue weighted by molar-refractivity contribution is 0.102. The summed E-state index contributed by atoms with van der Waals surface area (Å²) in [7, 11) is -2.19. The summed E-state index contributed by atoms with van der Waals surface area (Å²) in [6, 6.07) is 8.30. The van der Waals surface area contributed by atoms with Crippen molar-refractivity contribution in [2.24, 2.45) is 0 Å². The highest BCUT2D eigenvalue weighted by molar-refractivity contribution is 7.89. The van der Waals surface area contributed by atoms with Crippen LogP contribution in [0.2, 0.25) is 0 Å². The van der Waals surface area contributed by atoms with Gasteiger partial charge in [0.05, 0.1) is 21.7 Å². The first-order chi connectivity index (χ1) is 20.9. The Labute approximate surface area is 280 Å². The van der Waals surface area contributed by atoms with E-state index in [0.29, 0.717) is 41.2 Å². The maximum Gasteiger partial charge on any atom is 0.258 e. The number of H-pyrrole nitrogens is 1. The summed E-state index contributed by atoms with van der Waals surface area (Å²) < 4.78 is 56.1. The van der Waals surface area contributed by atoms with Crippen LogP contribution in [0.5, 0.6) is 0 Å². The van der Waals surface area contributed by atoms with Crippen LogP contribution in [0.4, 0.5) is 26.0 Å². The summed E-state index contributed by atoms with van der Waals surface area (Å²) in [6.07, 6.45) is 2.17. The van der Waals surface area contributed by atoms with Gasteiger partial charge >= 0.3 is 0 Å². The summed E-state index contributed by atoms with van der Waals surface area (Å²) in [5.41, 5.74) is 2.03. The molecule has 0 bridgehead atoms. The van der Waals surface area contributed by atoms with Gasteiger partial charge < -0.3 is 25.8 Å². The van der Waals surface area contributed by atoms with Crippen LogP contribution in [0.25, 0.3) is 0 Å². The largest absolute Gasteiger partial charge is 0.383 e. The molecule has 1 amide bonds. The average Bonchev–Trinajstić information content (AvgIpc) is 3.70. The molecule has 0 aliphatic carbocycles. The van der Waals surface area contributed by atoms with E-state index in [2.05, 4.69) is 43.0 Å². The van der Waals surface area contributed by atoms with Crippen LogP contribution >= 0.6 is 24.8 Å². The number of aromatic amines is 1. The topological polar surface area (TPSA) is 126 Å². The van der Waals surface area contributed by atoms with E-state index in [1.54, 1.807) is 19.9 Å². The second-order valence-electron chi connectivity index (χ2n) is 12.3. The molecule has 0 unspecified atom stereocenters. The SMILES string of the molecule is CN1CCN(c2ccc(C(=O)Nc3n[nH]c4c3CN(S(=O)(=O)c3cc(F)cc(F)c3)C4(C)C)c(NC[C@@H]3CCCN3)c2)CC1.Cl.Cl. The molecule has 0 spiro atoms. The molecule has 252 valence electrons. The van der Waals surface area contributed by atoms with Gasteiger partial charge in [-0.05, 0) is 70.6 Å². The van der Waals surface area contributed by atoms with Gasteiger partial charge in [-0.15, -0.1) is 24.8 Å². The number of aromatic nitrogens is 2. The van der Waals surface area contributed by atoms with Crippen LogP contribution in [-0.4, -0.2) is 86.1 Å². The van der Waals surface area contributed by atoms with E-state index < -0.39 is 38.0 Å². The van der Waals surface area contributed by atoms with Gasteiger partial charge in [0.2, 0.25) is 10.0 Å². The van der Waals surface area contributed by atoms with E-state index in [-0.39, 0.29) is 37.2 Å². The van der Waals surface area contributed by atoms with Gasteiger partial charge in [-0.2, -0.15) is 9.40 Å². The zero-order valence-corrected chi connectivity index (χ0v) is 28.3. The Morgan fingerprint density at radius 2 is 1.76 bits per heavy atom. The fourth-order valence-corrected chi connectivity index (χ4v) is 8.03. The first-order valence-electron chi connectivity index (χ1n) is 14.9. The lowest BCUT2D eigenvalue weighted by Crippen LogP contribution is -2.44. The maximum absolute atomic E-state index is 13.9. The van der Waals surface area contributed by atoms with Crippen molar-refractivity contribution in [3.8, 4) is 0 Å². The number of nitrogens with zero attached hydrogens (tertiary/aromatic N) is 4. The number of hydrogen-bond acceptors (Lipinski definition) is 8. The molecule has 1 aromatic heterocycles. The Morgan fingerprint density at radius 1 is 1.07 bits per heavy atom. The van der Waals surface area contributed by atoms with Crippen LogP contribution in [-0.2, 0) is 22.1 Å². The van der Waals surface area contributed by atoms with Gasteiger partial charge in [0, 0.05) is 68.3 Å². The maximum atomic E-state index is 13.9. The lowest BCUT2D eigenvalue weighted by atomic mass is 10.0. The van der Waals surface area contributed by atoms with Gasteiger partial charge in [-0.3, -0.25) is 9.89 Å². The minimum Gasteiger partial charge on any atom is -0.383 e. The molecule has 11 nitrogen and oxygen atoms in total. The number of likely N-dealkylation sites (N-methyl/N-ethyl adjacent to an activating group) is 1. The number of benzene rings is 2. The van der Waals surface area contributed by atoms with E-state index in [0.717, 1.165) is 67.7 Å². The monoisotopic (exact) mass is 700 g/mol. The summed E-state index contributed by atoms with van der Waals surface area (Å²) in [5.74, 6) is -2.16. The van der Waals surface area contributed by atoms with E-state index >= 15 is 0 Å². The van der Waals surface area contributed by atoms with Crippen molar-refractivity contribution in [1.29, 1.82) is 0 Å². The molecular formula is C30H40Cl2F2N8O3S. The number of anilines is 3. The molecular weight excluding hydrogens is 661 g/mol. The van der Waals surface area contributed by atoms with E-state index in [9.17, 15) is 22.0 Å². The van der Waals surface area contributed by atoms with Crippen molar-refractivity contribution in [1.82, 2.24) is 24.7 Å². The van der Waals surface area contributed by atoms with Gasteiger partial charge in [-0.25, -0.2) is 17.2 Å². The number of carbonyl (C=O) groups excluding carboxylic acids is 1. The van der Waals surface area contributed by atoms with Crippen molar-refractivity contribution in [2.75, 3.05) is 61.8 Å². The molecule has 3 aromatic rings. The van der Waals surface area contributed by atoms with Crippen LogP contribution in [0.1, 0.15) is 48.3 Å². The van der Waals surface area contributed by atoms with Gasteiger partial charge in [0.15, 0.2) is 5.82 Å². The molecule has 2 aromatic carbocycles. The molecule has 0 radical (unpaired) electrons. The summed E-state index contributed by atoms with van der Waals surface area (Å²) in [5, 5.41) is 17.0. The molecule has 6 rings (SSSR count). The minimum atomic E-state index is -4.30. The van der Waals surface area contributed by atoms with Gasteiger partial charge in [0.25, 0.3) is 5.91 Å². The first-order valence-corrected chi connectivity index (χ1v) is 16.3. The number of halogens is 4. The zero-order chi connectivity index (χ0) is 31.2. The smallest absolute Gasteiger partial charge is 0.258 e. The van der Waals surface area contributed by atoms with Gasteiger partial charge in [0.1, 0.15) is 11.6 Å². The normalized spacial score (nSPS) is 19.7.